The van der Waals surface area contributed by atoms with Crippen molar-refractivity contribution in [3.05, 3.63) is 40.8 Å². The van der Waals surface area contributed by atoms with Gasteiger partial charge in [0.25, 0.3) is 5.91 Å². The molecule has 2 aromatic rings. The van der Waals surface area contributed by atoms with E-state index in [1.165, 1.54) is 16.5 Å². The summed E-state index contributed by atoms with van der Waals surface area (Å²) in [7, 11) is 1.43. The van der Waals surface area contributed by atoms with Crippen molar-refractivity contribution in [1.29, 1.82) is 0 Å². The third-order valence-electron chi connectivity index (χ3n) is 4.74. The number of urea groups is 1. The van der Waals surface area contributed by atoms with Crippen LogP contribution in [0.4, 0.5) is 25.1 Å². The van der Waals surface area contributed by atoms with Crippen LogP contribution in [0.1, 0.15) is 21.9 Å². The molecule has 0 atom stereocenters. The summed E-state index contributed by atoms with van der Waals surface area (Å²) in [5.41, 5.74) is 1.28. The SMILES string of the molecule is CNC(=O)c1nc(NC(=O)N2CCc3cc(F)c(F)cc32)c2n1CC(=O)NC2. The minimum absolute atomic E-state index is 0.00223. The molecule has 0 aliphatic carbocycles. The number of rotatable bonds is 2. The molecule has 2 aliphatic heterocycles. The van der Waals surface area contributed by atoms with Crippen LogP contribution < -0.4 is 20.9 Å². The number of benzene rings is 1. The zero-order valence-corrected chi connectivity index (χ0v) is 14.8. The van der Waals surface area contributed by atoms with Gasteiger partial charge in [-0.15, -0.1) is 0 Å². The van der Waals surface area contributed by atoms with Crippen molar-refractivity contribution >= 4 is 29.4 Å². The molecule has 3 heterocycles. The predicted octanol–water partition coefficient (Wildman–Crippen LogP) is 0.745. The lowest BCUT2D eigenvalue weighted by atomic mass is 10.1. The Bertz CT molecular complexity index is 1020. The molecule has 0 bridgehead atoms. The molecular weight excluding hydrogens is 374 g/mol. The zero-order valence-electron chi connectivity index (χ0n) is 14.8. The van der Waals surface area contributed by atoms with E-state index in [1.54, 1.807) is 0 Å². The molecule has 11 heteroatoms. The van der Waals surface area contributed by atoms with E-state index in [-0.39, 0.29) is 42.9 Å². The van der Waals surface area contributed by atoms with Crippen LogP contribution >= 0.6 is 0 Å². The summed E-state index contributed by atoms with van der Waals surface area (Å²) in [6.07, 6.45) is 0.390. The number of hydrogen-bond acceptors (Lipinski definition) is 4. The van der Waals surface area contributed by atoms with Gasteiger partial charge in [-0.05, 0) is 18.1 Å². The first-order valence-corrected chi connectivity index (χ1v) is 8.53. The van der Waals surface area contributed by atoms with E-state index in [2.05, 4.69) is 20.9 Å². The second-order valence-corrected chi connectivity index (χ2v) is 6.40. The Morgan fingerprint density at radius 2 is 2.00 bits per heavy atom. The number of carbonyl (C=O) groups excluding carboxylic acids is 3. The molecule has 4 rings (SSSR count). The number of nitrogens with zero attached hydrogens (tertiary/aromatic N) is 3. The van der Waals surface area contributed by atoms with E-state index in [4.69, 9.17) is 0 Å². The van der Waals surface area contributed by atoms with E-state index in [9.17, 15) is 23.2 Å². The fraction of sp³-hybridized carbons (Fsp3) is 0.294. The maximum Gasteiger partial charge on any atom is 0.327 e. The molecule has 0 saturated heterocycles. The minimum atomic E-state index is -1.04. The van der Waals surface area contributed by atoms with Crippen LogP contribution in [0, 0.1) is 11.6 Å². The minimum Gasteiger partial charge on any atom is -0.352 e. The molecule has 0 spiro atoms. The molecule has 1 aromatic carbocycles. The standard InChI is InChI=1S/C17H16F2N6O3/c1-20-16(27)15-22-14(12-6-21-13(26)7-25(12)15)23-17(28)24-3-2-8-4-9(18)10(19)5-11(8)24/h4-5H,2-3,6-7H2,1H3,(H,20,27)(H,21,26)(H,23,28). The van der Waals surface area contributed by atoms with Gasteiger partial charge in [0.05, 0.1) is 17.9 Å². The maximum absolute atomic E-state index is 13.6. The van der Waals surface area contributed by atoms with Gasteiger partial charge in [0.15, 0.2) is 17.5 Å². The lowest BCUT2D eigenvalue weighted by Gasteiger charge is -2.20. The van der Waals surface area contributed by atoms with Crippen LogP contribution in [0.5, 0.6) is 0 Å². The Hall–Kier alpha value is -3.50. The number of imidazole rings is 1. The Morgan fingerprint density at radius 3 is 2.75 bits per heavy atom. The van der Waals surface area contributed by atoms with E-state index in [0.717, 1.165) is 12.1 Å². The van der Waals surface area contributed by atoms with Gasteiger partial charge >= 0.3 is 6.03 Å². The third-order valence-corrected chi connectivity index (χ3v) is 4.74. The quantitative estimate of drug-likeness (QED) is 0.703. The third kappa shape index (κ3) is 2.84. The topological polar surface area (TPSA) is 108 Å². The van der Waals surface area contributed by atoms with E-state index < -0.39 is 23.6 Å². The molecule has 0 saturated carbocycles. The second-order valence-electron chi connectivity index (χ2n) is 6.40. The summed E-state index contributed by atoms with van der Waals surface area (Å²) >= 11 is 0. The molecule has 0 fully saturated rings. The average molecular weight is 390 g/mol. The van der Waals surface area contributed by atoms with Crippen LogP contribution in [0.2, 0.25) is 0 Å². The van der Waals surface area contributed by atoms with Crippen LogP contribution in [0.25, 0.3) is 0 Å². The zero-order chi connectivity index (χ0) is 20.0. The second kappa shape index (κ2) is 6.59. The van der Waals surface area contributed by atoms with Gasteiger partial charge in [0.2, 0.25) is 11.7 Å². The molecular formula is C17H16F2N6O3. The predicted molar refractivity (Wildman–Crippen MR) is 93.9 cm³/mol. The number of anilines is 2. The van der Waals surface area contributed by atoms with Gasteiger partial charge in [-0.1, -0.05) is 0 Å². The fourth-order valence-electron chi connectivity index (χ4n) is 3.36. The summed E-state index contributed by atoms with van der Waals surface area (Å²) in [6, 6.07) is 1.47. The molecule has 0 radical (unpaired) electrons. The van der Waals surface area contributed by atoms with Gasteiger partial charge in [0, 0.05) is 19.7 Å². The van der Waals surface area contributed by atoms with Crippen LogP contribution in [0.15, 0.2) is 12.1 Å². The smallest absolute Gasteiger partial charge is 0.327 e. The van der Waals surface area contributed by atoms with Crippen LogP contribution in [-0.4, -0.2) is 41.0 Å². The summed E-state index contributed by atoms with van der Waals surface area (Å²) in [5.74, 6) is -2.66. The van der Waals surface area contributed by atoms with Crippen molar-refractivity contribution in [3.8, 4) is 0 Å². The van der Waals surface area contributed by atoms with Crippen LogP contribution in [-0.2, 0) is 24.3 Å². The normalized spacial score (nSPS) is 15.0. The average Bonchev–Trinajstić information content (AvgIpc) is 3.22. The number of nitrogens with one attached hydrogen (secondary N) is 3. The summed E-state index contributed by atoms with van der Waals surface area (Å²) in [5, 5.41) is 7.68. The molecule has 146 valence electrons. The number of aromatic nitrogens is 2. The van der Waals surface area contributed by atoms with Crippen molar-refractivity contribution in [2.75, 3.05) is 23.8 Å². The van der Waals surface area contributed by atoms with Crippen molar-refractivity contribution in [3.63, 3.8) is 0 Å². The van der Waals surface area contributed by atoms with Gasteiger partial charge < -0.3 is 15.2 Å². The summed E-state index contributed by atoms with van der Waals surface area (Å²) in [6.45, 7) is 0.242. The Morgan fingerprint density at radius 1 is 1.25 bits per heavy atom. The van der Waals surface area contributed by atoms with Gasteiger partial charge in [0.1, 0.15) is 6.54 Å². The Kier molecular flexibility index (Phi) is 4.21. The first-order valence-electron chi connectivity index (χ1n) is 8.53. The summed E-state index contributed by atoms with van der Waals surface area (Å²) < 4.78 is 28.4. The fourth-order valence-corrected chi connectivity index (χ4v) is 3.36. The molecule has 9 nitrogen and oxygen atoms in total. The molecule has 28 heavy (non-hydrogen) atoms. The first kappa shape index (κ1) is 17.9. The molecule has 3 N–H and O–H groups in total. The van der Waals surface area contributed by atoms with E-state index in [0.29, 0.717) is 17.7 Å². The van der Waals surface area contributed by atoms with Crippen molar-refractivity contribution < 1.29 is 23.2 Å². The van der Waals surface area contributed by atoms with Crippen molar-refractivity contribution in [2.24, 2.45) is 0 Å². The van der Waals surface area contributed by atoms with E-state index in [1.807, 2.05) is 0 Å². The van der Waals surface area contributed by atoms with Crippen molar-refractivity contribution in [1.82, 2.24) is 20.2 Å². The molecule has 2 aliphatic rings. The van der Waals surface area contributed by atoms with E-state index >= 15 is 0 Å². The number of carbonyl (C=O) groups is 3. The van der Waals surface area contributed by atoms with Gasteiger partial charge in [-0.25, -0.2) is 18.6 Å². The van der Waals surface area contributed by atoms with Gasteiger partial charge in [-0.2, -0.15) is 0 Å². The number of amides is 4. The lowest BCUT2D eigenvalue weighted by molar-refractivity contribution is -0.122. The molecule has 4 amide bonds. The van der Waals surface area contributed by atoms with Crippen LogP contribution in [0.3, 0.4) is 0 Å². The highest BCUT2D eigenvalue weighted by atomic mass is 19.2. The monoisotopic (exact) mass is 390 g/mol. The molecule has 1 aromatic heterocycles. The van der Waals surface area contributed by atoms with Gasteiger partial charge in [-0.3, -0.25) is 19.8 Å². The highest BCUT2D eigenvalue weighted by molar-refractivity contribution is 6.03. The Balaban J connectivity index is 1.64. The lowest BCUT2D eigenvalue weighted by Crippen LogP contribution is -2.37. The van der Waals surface area contributed by atoms with Crippen molar-refractivity contribution in [2.45, 2.75) is 19.5 Å². The highest BCUT2D eigenvalue weighted by Crippen LogP contribution is 2.31. The number of fused-ring (bicyclic) bond motifs is 2. The number of halogens is 2. The highest BCUT2D eigenvalue weighted by Gasteiger charge is 2.31. The first-order chi connectivity index (χ1) is 13.4. The number of hydrogen-bond donors (Lipinski definition) is 3. The summed E-state index contributed by atoms with van der Waals surface area (Å²) in [4.78, 5) is 41.9. The Labute approximate surface area is 157 Å². The largest absolute Gasteiger partial charge is 0.352 e. The molecule has 0 unspecified atom stereocenters. The maximum atomic E-state index is 13.6.